The Labute approximate surface area is 71.3 Å². The molecular weight excluding hydrogens is 158 g/mol. The van der Waals surface area contributed by atoms with Crippen molar-refractivity contribution < 1.29 is 14.4 Å². The Hall–Kier alpha value is -1.55. The first-order valence-electron chi connectivity index (χ1n) is 3.14. The highest BCUT2D eigenvalue weighted by Crippen LogP contribution is 2.04. The van der Waals surface area contributed by atoms with Crippen molar-refractivity contribution in [3.63, 3.8) is 0 Å². The minimum Gasteiger partial charge on any atom is -0.447 e. The van der Waals surface area contributed by atoms with Gasteiger partial charge in [0.15, 0.2) is 0 Å². The number of amides is 1. The van der Waals surface area contributed by atoms with Crippen LogP contribution in [0.2, 0.25) is 0 Å². The van der Waals surface area contributed by atoms with Gasteiger partial charge in [-0.1, -0.05) is 13.2 Å². The second-order valence-electron chi connectivity index (χ2n) is 1.70. The normalized spacial score (nSPS) is 8.42. The monoisotopic (exact) mass is 169 g/mol. The van der Waals surface area contributed by atoms with E-state index in [1.54, 1.807) is 0 Å². The van der Waals surface area contributed by atoms with E-state index in [0.29, 0.717) is 0 Å². The van der Waals surface area contributed by atoms with Crippen molar-refractivity contribution in [2.24, 2.45) is 0 Å². The van der Waals surface area contributed by atoms with Crippen molar-refractivity contribution in [3.8, 4) is 0 Å². The van der Waals surface area contributed by atoms with Crippen LogP contribution in [0.4, 0.5) is 0 Å². The molecule has 0 saturated carbocycles. The van der Waals surface area contributed by atoms with Crippen LogP contribution in [0.3, 0.4) is 0 Å². The van der Waals surface area contributed by atoms with Gasteiger partial charge in [0.2, 0.25) is 5.88 Å². The molecule has 0 radical (unpaired) electrons. The van der Waals surface area contributed by atoms with E-state index in [9.17, 15) is 4.79 Å². The molecule has 66 valence electrons. The van der Waals surface area contributed by atoms with Crippen molar-refractivity contribution in [1.29, 1.82) is 0 Å². The van der Waals surface area contributed by atoms with E-state index in [1.165, 1.54) is 7.11 Å². The molecule has 0 unspecified atom stereocenters. The molecule has 0 rings (SSSR count). The summed E-state index contributed by atoms with van der Waals surface area (Å²) in [5.74, 6) is -0.415. The number of carbonyl (C=O) groups excluding carboxylic acids is 1. The largest absolute Gasteiger partial charge is 0.447 e. The van der Waals surface area contributed by atoms with Gasteiger partial charge in [-0.05, 0) is 12.7 Å². The molecule has 0 aliphatic heterocycles. The van der Waals surface area contributed by atoms with Gasteiger partial charge in [0.05, 0.1) is 13.4 Å². The number of carbonyl (C=O) groups is 1. The van der Waals surface area contributed by atoms with Crippen LogP contribution < -0.4 is 0 Å². The summed E-state index contributed by atoms with van der Waals surface area (Å²) in [6.07, 6.45) is 2.23. The molecule has 0 spiro atoms. The Morgan fingerprint density at radius 3 is 2.42 bits per heavy atom. The SMILES string of the molecule is C=COC(=C)N(OC)C(=O)C=C. The van der Waals surface area contributed by atoms with Gasteiger partial charge in [-0.15, -0.1) is 0 Å². The molecule has 0 aliphatic rings. The maximum Gasteiger partial charge on any atom is 0.277 e. The van der Waals surface area contributed by atoms with Gasteiger partial charge in [0.25, 0.3) is 5.91 Å². The molecule has 0 heterocycles. The van der Waals surface area contributed by atoms with Crippen molar-refractivity contribution in [2.45, 2.75) is 0 Å². The maximum absolute atomic E-state index is 11.0. The summed E-state index contributed by atoms with van der Waals surface area (Å²) in [7, 11) is 1.32. The van der Waals surface area contributed by atoms with Crippen molar-refractivity contribution in [2.75, 3.05) is 7.11 Å². The third kappa shape index (κ3) is 2.59. The van der Waals surface area contributed by atoms with Crippen LogP contribution in [-0.2, 0) is 14.4 Å². The predicted octanol–water partition coefficient (Wildman–Crippen LogP) is 1.19. The molecule has 0 aromatic heterocycles. The number of hydrogen-bond acceptors (Lipinski definition) is 3. The van der Waals surface area contributed by atoms with E-state index in [1.807, 2.05) is 0 Å². The number of nitrogens with zero attached hydrogens (tertiary/aromatic N) is 1. The van der Waals surface area contributed by atoms with Crippen LogP contribution >= 0.6 is 0 Å². The number of hydrogen-bond donors (Lipinski definition) is 0. The van der Waals surface area contributed by atoms with Crippen molar-refractivity contribution >= 4 is 5.91 Å². The van der Waals surface area contributed by atoms with Crippen LogP contribution in [0.15, 0.2) is 38.0 Å². The summed E-state index contributed by atoms with van der Waals surface area (Å²) >= 11 is 0. The average molecular weight is 169 g/mol. The van der Waals surface area contributed by atoms with Gasteiger partial charge in [-0.2, -0.15) is 5.06 Å². The molecule has 0 bridgehead atoms. The molecule has 12 heavy (non-hydrogen) atoms. The quantitative estimate of drug-likeness (QED) is 0.352. The molecule has 4 heteroatoms. The molecule has 0 saturated heterocycles. The molecule has 1 amide bonds. The zero-order chi connectivity index (χ0) is 9.56. The minimum atomic E-state index is -0.454. The van der Waals surface area contributed by atoms with Gasteiger partial charge in [-0.3, -0.25) is 9.63 Å². The molecular formula is C8H11NO3. The second kappa shape index (κ2) is 5.15. The van der Waals surface area contributed by atoms with E-state index in [2.05, 4.69) is 24.6 Å². The number of rotatable bonds is 5. The van der Waals surface area contributed by atoms with Gasteiger partial charge in [-0.25, -0.2) is 0 Å². The summed E-state index contributed by atoms with van der Waals surface area (Å²) < 4.78 is 4.72. The molecule has 0 atom stereocenters. The van der Waals surface area contributed by atoms with Gasteiger partial charge in [0.1, 0.15) is 0 Å². The average Bonchev–Trinajstić information content (AvgIpc) is 2.06. The zero-order valence-electron chi connectivity index (χ0n) is 6.95. The van der Waals surface area contributed by atoms with Crippen molar-refractivity contribution in [1.82, 2.24) is 5.06 Å². The first-order valence-corrected chi connectivity index (χ1v) is 3.14. The van der Waals surface area contributed by atoms with E-state index >= 15 is 0 Å². The van der Waals surface area contributed by atoms with Crippen LogP contribution in [0.1, 0.15) is 0 Å². The number of ether oxygens (including phenoxy) is 1. The topological polar surface area (TPSA) is 38.8 Å². The zero-order valence-corrected chi connectivity index (χ0v) is 6.95. The lowest BCUT2D eigenvalue weighted by Crippen LogP contribution is -2.27. The van der Waals surface area contributed by atoms with Gasteiger partial charge in [0, 0.05) is 0 Å². The van der Waals surface area contributed by atoms with Crippen LogP contribution in [0, 0.1) is 0 Å². The molecule has 0 aromatic rings. The third-order valence-corrected chi connectivity index (χ3v) is 1.00. The first kappa shape index (κ1) is 10.4. The van der Waals surface area contributed by atoms with Crippen molar-refractivity contribution in [3.05, 3.63) is 38.0 Å². The fourth-order valence-electron chi connectivity index (χ4n) is 0.542. The first-order chi connectivity index (χ1) is 5.67. The Morgan fingerprint density at radius 1 is 1.50 bits per heavy atom. The molecule has 0 aromatic carbocycles. The summed E-state index contributed by atoms with van der Waals surface area (Å²) in [6.45, 7) is 10.0. The molecule has 4 nitrogen and oxygen atoms in total. The highest BCUT2D eigenvalue weighted by Gasteiger charge is 2.13. The van der Waals surface area contributed by atoms with E-state index < -0.39 is 5.91 Å². The Balaban J connectivity index is 4.32. The smallest absolute Gasteiger partial charge is 0.277 e. The molecule has 0 fully saturated rings. The highest BCUT2D eigenvalue weighted by molar-refractivity contribution is 5.87. The predicted molar refractivity (Wildman–Crippen MR) is 44.5 cm³/mol. The van der Waals surface area contributed by atoms with Gasteiger partial charge < -0.3 is 4.74 Å². The Kier molecular flexibility index (Phi) is 4.48. The fourth-order valence-corrected chi connectivity index (χ4v) is 0.542. The van der Waals surface area contributed by atoms with Gasteiger partial charge >= 0.3 is 0 Å². The van der Waals surface area contributed by atoms with E-state index in [0.717, 1.165) is 17.4 Å². The van der Waals surface area contributed by atoms with Crippen LogP contribution in [0.5, 0.6) is 0 Å². The Bertz CT molecular complexity index is 210. The lowest BCUT2D eigenvalue weighted by Gasteiger charge is -2.17. The highest BCUT2D eigenvalue weighted by atomic mass is 16.7. The van der Waals surface area contributed by atoms with E-state index in [-0.39, 0.29) is 5.88 Å². The third-order valence-electron chi connectivity index (χ3n) is 1.00. The van der Waals surface area contributed by atoms with Crippen LogP contribution in [0.25, 0.3) is 0 Å². The minimum absolute atomic E-state index is 0.0393. The molecule has 0 N–H and O–H groups in total. The summed E-state index contributed by atoms with van der Waals surface area (Å²) in [6, 6.07) is 0. The number of hydroxylamine groups is 2. The lowest BCUT2D eigenvalue weighted by atomic mass is 10.6. The summed E-state index contributed by atoms with van der Waals surface area (Å²) in [5, 5.41) is 0.856. The summed E-state index contributed by atoms with van der Waals surface area (Å²) in [5.41, 5.74) is 0. The Morgan fingerprint density at radius 2 is 2.08 bits per heavy atom. The molecule has 0 aliphatic carbocycles. The fraction of sp³-hybridized carbons (Fsp3) is 0.125. The second-order valence-corrected chi connectivity index (χ2v) is 1.70. The summed E-state index contributed by atoms with van der Waals surface area (Å²) in [4.78, 5) is 15.6. The van der Waals surface area contributed by atoms with E-state index in [4.69, 9.17) is 4.74 Å². The lowest BCUT2D eigenvalue weighted by molar-refractivity contribution is -0.169. The van der Waals surface area contributed by atoms with Crippen LogP contribution in [-0.4, -0.2) is 18.1 Å². The standard InChI is InChI=1S/C8H11NO3/c1-5-8(10)9(11-4)7(3)12-6-2/h5-6H,1-3H2,4H3. The maximum atomic E-state index is 11.0.